The minimum Gasteiger partial charge on any atom is -0.490 e. The number of anilines is 2. The molecule has 0 saturated heterocycles. The molecule has 2 aromatic rings. The van der Waals surface area contributed by atoms with Gasteiger partial charge in [0.1, 0.15) is 17.4 Å². The van der Waals surface area contributed by atoms with Gasteiger partial charge in [0.2, 0.25) is 0 Å². The highest BCUT2D eigenvalue weighted by molar-refractivity contribution is 6.39. The lowest BCUT2D eigenvalue weighted by atomic mass is 9.89. The van der Waals surface area contributed by atoms with E-state index in [0.717, 1.165) is 31.4 Å². The Bertz CT molecular complexity index is 929. The van der Waals surface area contributed by atoms with E-state index in [9.17, 15) is 14.0 Å². The molecule has 1 aliphatic rings. The van der Waals surface area contributed by atoms with E-state index < -0.39 is 17.6 Å². The zero-order valence-electron chi connectivity index (χ0n) is 19.4. The summed E-state index contributed by atoms with van der Waals surface area (Å²) in [5, 5.41) is 5.16. The fourth-order valence-electron chi connectivity index (χ4n) is 3.31. The summed E-state index contributed by atoms with van der Waals surface area (Å²) < 4.78 is 20.2. The fourth-order valence-corrected chi connectivity index (χ4v) is 3.31. The summed E-state index contributed by atoms with van der Waals surface area (Å²) >= 11 is 0. The summed E-state index contributed by atoms with van der Waals surface area (Å²) in [6, 6.07) is 13.3. The van der Waals surface area contributed by atoms with Crippen molar-refractivity contribution >= 4 is 23.2 Å². The number of para-hydroxylation sites is 1. The third-order valence-electron chi connectivity index (χ3n) is 5.06. The first kappa shape index (κ1) is 25.7. The molecule has 0 unspecified atom stereocenters. The number of hydrogen-bond donors (Lipinski definition) is 4. The smallest absolute Gasteiger partial charge is 0.327 e. The van der Waals surface area contributed by atoms with E-state index in [1.807, 2.05) is 44.2 Å². The van der Waals surface area contributed by atoms with Crippen molar-refractivity contribution in [3.8, 4) is 5.75 Å². The van der Waals surface area contributed by atoms with Crippen LogP contribution in [-0.4, -0.2) is 17.9 Å². The molecule has 2 amide bonds. The lowest BCUT2D eigenvalue weighted by Gasteiger charge is -2.27. The van der Waals surface area contributed by atoms with Crippen LogP contribution >= 0.6 is 0 Å². The zero-order valence-corrected chi connectivity index (χ0v) is 19.4. The van der Waals surface area contributed by atoms with Gasteiger partial charge in [0.15, 0.2) is 0 Å². The van der Waals surface area contributed by atoms with Crippen LogP contribution in [-0.2, 0) is 9.59 Å². The fraction of sp³-hybridized carbons (Fsp3) is 0.360. The summed E-state index contributed by atoms with van der Waals surface area (Å²) in [5.74, 6) is -1.32. The molecule has 0 bridgehead atoms. The van der Waals surface area contributed by atoms with Crippen LogP contribution in [0.1, 0.15) is 46.5 Å². The molecular weight excluding hydrogens is 423 g/mol. The molecule has 0 aliphatic heterocycles. The van der Waals surface area contributed by atoms with Gasteiger partial charge in [-0.1, -0.05) is 45.5 Å². The largest absolute Gasteiger partial charge is 0.490 e. The molecule has 0 aromatic heterocycles. The Labute approximate surface area is 194 Å². The minimum atomic E-state index is -1.02. The number of hydrogen-bond acceptors (Lipinski definition) is 5. The highest BCUT2D eigenvalue weighted by Gasteiger charge is 2.20. The van der Waals surface area contributed by atoms with Gasteiger partial charge in [-0.25, -0.2) is 4.39 Å². The number of halogens is 1. The average molecular weight is 457 g/mol. The zero-order chi connectivity index (χ0) is 24.2. The average Bonchev–Trinajstić information content (AvgIpc) is 2.82. The molecule has 178 valence electrons. The molecule has 4 N–H and O–H groups in total. The summed E-state index contributed by atoms with van der Waals surface area (Å²) in [6.45, 7) is 9.92. The van der Waals surface area contributed by atoms with Crippen molar-refractivity contribution in [1.29, 1.82) is 0 Å². The maximum atomic E-state index is 14.4. The van der Waals surface area contributed by atoms with Crippen molar-refractivity contribution < 1.29 is 18.7 Å². The van der Waals surface area contributed by atoms with E-state index in [0.29, 0.717) is 11.7 Å². The van der Waals surface area contributed by atoms with Gasteiger partial charge in [-0.15, -0.1) is 0 Å². The van der Waals surface area contributed by atoms with E-state index in [4.69, 9.17) is 4.74 Å². The summed E-state index contributed by atoms with van der Waals surface area (Å²) in [7, 11) is 0. The van der Waals surface area contributed by atoms with Crippen LogP contribution in [0, 0.1) is 11.7 Å². The monoisotopic (exact) mass is 456 g/mol. The van der Waals surface area contributed by atoms with Crippen LogP contribution in [0.4, 0.5) is 15.8 Å². The molecule has 2 aromatic carbocycles. The Morgan fingerprint density at radius 3 is 2.24 bits per heavy atom. The third kappa shape index (κ3) is 8.48. The Kier molecular flexibility index (Phi) is 10.2. The van der Waals surface area contributed by atoms with Gasteiger partial charge in [0, 0.05) is 11.8 Å². The van der Waals surface area contributed by atoms with Crippen LogP contribution in [0.5, 0.6) is 5.75 Å². The third-order valence-corrected chi connectivity index (χ3v) is 5.06. The van der Waals surface area contributed by atoms with Gasteiger partial charge in [-0.05, 0) is 55.9 Å². The number of benzene rings is 2. The normalized spacial score (nSPS) is 17.0. The van der Waals surface area contributed by atoms with Crippen LogP contribution in [0.25, 0.3) is 0 Å². The molecular formula is C25H33FN4O3. The van der Waals surface area contributed by atoms with Crippen molar-refractivity contribution in [3.63, 3.8) is 0 Å². The Hall–Kier alpha value is -3.55. The summed E-state index contributed by atoms with van der Waals surface area (Å²) in [5.41, 5.74) is 5.34. The molecule has 0 atom stereocenters. The van der Waals surface area contributed by atoms with Crippen molar-refractivity contribution in [2.75, 3.05) is 10.6 Å². The predicted octanol–water partition coefficient (Wildman–Crippen LogP) is 4.95. The molecule has 1 saturated carbocycles. The van der Waals surface area contributed by atoms with Gasteiger partial charge in [-0.2, -0.15) is 0 Å². The highest BCUT2D eigenvalue weighted by Crippen LogP contribution is 2.28. The second kappa shape index (κ2) is 13.1. The quantitative estimate of drug-likeness (QED) is 0.349. The topological polar surface area (TPSA) is 91.5 Å². The molecule has 7 nitrogen and oxygen atoms in total. The number of ether oxygens (including phenoxy) is 1. The first-order chi connectivity index (χ1) is 15.9. The van der Waals surface area contributed by atoms with E-state index in [1.165, 1.54) is 12.1 Å². The second-order valence-corrected chi connectivity index (χ2v) is 7.64. The molecule has 8 heteroatoms. The van der Waals surface area contributed by atoms with E-state index >= 15 is 0 Å². The second-order valence-electron chi connectivity index (χ2n) is 7.64. The number of amides is 2. The highest BCUT2D eigenvalue weighted by atomic mass is 19.1. The minimum absolute atomic E-state index is 0.0745. The van der Waals surface area contributed by atoms with E-state index in [-0.39, 0.29) is 17.6 Å². The summed E-state index contributed by atoms with van der Waals surface area (Å²) in [4.78, 5) is 24.0. The van der Waals surface area contributed by atoms with Crippen molar-refractivity contribution in [2.45, 2.75) is 52.6 Å². The molecule has 0 heterocycles. The molecule has 1 fully saturated rings. The standard InChI is InChI=1S/C23H27FN4O3.C2H6/c1-15-8-10-18(11-9-15)31-19-12-13-21(20(24)14-19)26-22(29)23(30)28-27-16(2)25-17-6-4-3-5-7-17;1-2/h3-7,12-15,18,25,27H,2,8-11H2,1H3,(H,26,29)(H,28,30);1-2H3. The van der Waals surface area contributed by atoms with Gasteiger partial charge in [0.05, 0.1) is 11.8 Å². The van der Waals surface area contributed by atoms with Crippen LogP contribution < -0.4 is 26.2 Å². The molecule has 3 rings (SSSR count). The van der Waals surface area contributed by atoms with E-state index in [1.54, 1.807) is 6.07 Å². The number of carbonyl (C=O) groups excluding carboxylic acids is 2. The van der Waals surface area contributed by atoms with Gasteiger partial charge >= 0.3 is 11.8 Å². The van der Waals surface area contributed by atoms with Gasteiger partial charge < -0.3 is 15.4 Å². The Balaban J connectivity index is 0.00000187. The molecule has 33 heavy (non-hydrogen) atoms. The number of nitrogens with one attached hydrogen (secondary N) is 4. The lowest BCUT2D eigenvalue weighted by molar-refractivity contribution is -0.136. The lowest BCUT2D eigenvalue weighted by Crippen LogP contribution is -2.44. The van der Waals surface area contributed by atoms with Crippen molar-refractivity contribution in [2.24, 2.45) is 5.92 Å². The van der Waals surface area contributed by atoms with Gasteiger partial charge in [-0.3, -0.25) is 20.4 Å². The van der Waals surface area contributed by atoms with Crippen LogP contribution in [0.3, 0.4) is 0 Å². The summed E-state index contributed by atoms with van der Waals surface area (Å²) in [6.07, 6.45) is 4.15. The number of rotatable bonds is 7. The number of hydrazine groups is 1. The van der Waals surface area contributed by atoms with Crippen LogP contribution in [0.2, 0.25) is 0 Å². The van der Waals surface area contributed by atoms with Gasteiger partial charge in [0.25, 0.3) is 0 Å². The van der Waals surface area contributed by atoms with Crippen molar-refractivity contribution in [1.82, 2.24) is 10.9 Å². The molecule has 0 radical (unpaired) electrons. The first-order valence-electron chi connectivity index (χ1n) is 11.2. The first-order valence-corrected chi connectivity index (χ1v) is 11.2. The Morgan fingerprint density at radius 2 is 1.61 bits per heavy atom. The SMILES string of the molecule is C=C(NNC(=O)C(=O)Nc1ccc(OC2CCC(C)CC2)cc1F)Nc1ccccc1.CC. The maximum Gasteiger partial charge on any atom is 0.327 e. The maximum absolute atomic E-state index is 14.4. The molecule has 0 spiro atoms. The van der Waals surface area contributed by atoms with Crippen LogP contribution in [0.15, 0.2) is 60.9 Å². The molecule has 1 aliphatic carbocycles. The van der Waals surface area contributed by atoms with Crippen molar-refractivity contribution in [3.05, 3.63) is 66.7 Å². The Morgan fingerprint density at radius 1 is 0.939 bits per heavy atom. The van der Waals surface area contributed by atoms with E-state index in [2.05, 4.69) is 35.0 Å². The number of carbonyl (C=O) groups is 2. The predicted molar refractivity (Wildman–Crippen MR) is 129 cm³/mol.